The van der Waals surface area contributed by atoms with E-state index in [4.69, 9.17) is 4.74 Å². The summed E-state index contributed by atoms with van der Waals surface area (Å²) in [6, 6.07) is 4.81. The minimum absolute atomic E-state index is 0.0127. The molecule has 1 saturated carbocycles. The highest BCUT2D eigenvalue weighted by molar-refractivity contribution is 7.20. The molecule has 2 heterocycles. The third-order valence-corrected chi connectivity index (χ3v) is 7.71. The van der Waals surface area contributed by atoms with Crippen molar-refractivity contribution < 1.29 is 28.2 Å². The third-order valence-electron chi connectivity index (χ3n) is 6.52. The van der Waals surface area contributed by atoms with Gasteiger partial charge in [-0.05, 0) is 68.2 Å². The molecule has 1 aliphatic heterocycles. The number of amides is 1. The van der Waals surface area contributed by atoms with E-state index in [0.29, 0.717) is 47.4 Å². The maximum absolute atomic E-state index is 13.8. The number of carbonyl (C=O) groups excluding carboxylic acids is 1. The van der Waals surface area contributed by atoms with Gasteiger partial charge in [-0.1, -0.05) is 13.0 Å². The second-order valence-corrected chi connectivity index (χ2v) is 9.80. The lowest BCUT2D eigenvalue weighted by atomic mass is 9.82. The molecule has 0 atom stereocenters. The van der Waals surface area contributed by atoms with E-state index in [1.54, 1.807) is 4.90 Å². The zero-order chi connectivity index (χ0) is 22.8. The highest BCUT2D eigenvalue weighted by Gasteiger charge is 2.36. The first kappa shape index (κ1) is 22.9. The van der Waals surface area contributed by atoms with Crippen molar-refractivity contribution in [3.8, 4) is 10.4 Å². The second-order valence-electron chi connectivity index (χ2n) is 8.77. The van der Waals surface area contributed by atoms with E-state index < -0.39 is 17.6 Å². The highest BCUT2D eigenvalue weighted by Crippen LogP contribution is 2.42. The average molecular weight is 464 g/mol. The molecule has 0 bridgehead atoms. The van der Waals surface area contributed by atoms with Crippen LogP contribution in [-0.4, -0.2) is 36.2 Å². The van der Waals surface area contributed by atoms with Gasteiger partial charge in [-0.25, -0.2) is 13.6 Å². The number of anilines is 1. The molecule has 1 aliphatic carbocycles. The number of hydrogen-bond donors (Lipinski definition) is 1. The van der Waals surface area contributed by atoms with Gasteiger partial charge in [0.2, 0.25) is 5.91 Å². The zero-order valence-corrected chi connectivity index (χ0v) is 18.8. The van der Waals surface area contributed by atoms with Crippen LogP contribution in [-0.2, 0) is 9.53 Å². The van der Waals surface area contributed by atoms with Gasteiger partial charge in [0, 0.05) is 30.1 Å². The van der Waals surface area contributed by atoms with Crippen molar-refractivity contribution in [2.45, 2.75) is 51.5 Å². The number of hydrogen-bond acceptors (Lipinski definition) is 4. The van der Waals surface area contributed by atoms with Gasteiger partial charge in [0.1, 0.15) is 5.00 Å². The van der Waals surface area contributed by atoms with Crippen molar-refractivity contribution in [1.29, 1.82) is 0 Å². The number of ether oxygens (including phenoxy) is 1. The molecule has 2 fully saturated rings. The lowest BCUT2D eigenvalue weighted by molar-refractivity contribution is -0.124. The van der Waals surface area contributed by atoms with Gasteiger partial charge in [0.25, 0.3) is 0 Å². The number of aromatic carboxylic acids is 1. The fraction of sp³-hybridized carbons (Fsp3) is 0.500. The fourth-order valence-electron chi connectivity index (χ4n) is 4.60. The number of halogens is 2. The van der Waals surface area contributed by atoms with Gasteiger partial charge >= 0.3 is 5.97 Å². The van der Waals surface area contributed by atoms with Gasteiger partial charge in [0.05, 0.1) is 5.56 Å². The van der Waals surface area contributed by atoms with Crippen LogP contribution in [0.4, 0.5) is 13.8 Å². The quantitative estimate of drug-likeness (QED) is 0.615. The van der Waals surface area contributed by atoms with E-state index in [2.05, 4.69) is 6.92 Å². The van der Waals surface area contributed by atoms with Gasteiger partial charge in [-0.15, -0.1) is 11.3 Å². The van der Waals surface area contributed by atoms with Crippen molar-refractivity contribution >= 4 is 28.2 Å². The van der Waals surface area contributed by atoms with E-state index in [1.807, 2.05) is 0 Å². The van der Waals surface area contributed by atoms with Crippen LogP contribution in [0.5, 0.6) is 0 Å². The maximum atomic E-state index is 13.8. The summed E-state index contributed by atoms with van der Waals surface area (Å²) in [6.07, 6.45) is 4.81. The predicted octanol–water partition coefficient (Wildman–Crippen LogP) is 5.73. The van der Waals surface area contributed by atoms with E-state index in [-0.39, 0.29) is 23.4 Å². The number of thiophene rings is 1. The lowest BCUT2D eigenvalue weighted by Crippen LogP contribution is -2.47. The normalized spacial score (nSPS) is 22.0. The number of carbonyl (C=O) groups is 2. The number of carboxylic acid groups (broad SMARTS) is 1. The number of benzene rings is 1. The first-order chi connectivity index (χ1) is 15.3. The van der Waals surface area contributed by atoms with Crippen LogP contribution in [0.15, 0.2) is 24.3 Å². The summed E-state index contributed by atoms with van der Waals surface area (Å²) >= 11 is 1.14. The molecule has 172 valence electrons. The Bertz CT molecular complexity index is 994. The minimum atomic E-state index is -1.15. The number of nitrogens with zero attached hydrogens (tertiary/aromatic N) is 1. The lowest BCUT2D eigenvalue weighted by Gasteiger charge is -2.37. The van der Waals surface area contributed by atoms with Crippen molar-refractivity contribution in [2.24, 2.45) is 11.8 Å². The van der Waals surface area contributed by atoms with Crippen molar-refractivity contribution in [1.82, 2.24) is 0 Å². The first-order valence-electron chi connectivity index (χ1n) is 11.1. The summed E-state index contributed by atoms with van der Waals surface area (Å²) in [5, 5.41) is 10.3. The maximum Gasteiger partial charge on any atom is 0.338 e. The molecular weight excluding hydrogens is 436 g/mol. The van der Waals surface area contributed by atoms with Crippen LogP contribution in [0, 0.1) is 23.5 Å². The molecule has 0 radical (unpaired) electrons. The first-order valence-corrected chi connectivity index (χ1v) is 11.9. The van der Waals surface area contributed by atoms with Gasteiger partial charge < -0.3 is 9.84 Å². The minimum Gasteiger partial charge on any atom is -0.478 e. The third kappa shape index (κ3) is 4.71. The summed E-state index contributed by atoms with van der Waals surface area (Å²) in [5.74, 6) is -2.69. The Morgan fingerprint density at radius 1 is 1.03 bits per heavy atom. The molecule has 5 nitrogen and oxygen atoms in total. The zero-order valence-electron chi connectivity index (χ0n) is 18.0. The van der Waals surface area contributed by atoms with Crippen LogP contribution < -0.4 is 4.90 Å². The van der Waals surface area contributed by atoms with Gasteiger partial charge in [-0.3, -0.25) is 9.69 Å². The molecule has 8 heteroatoms. The molecule has 2 aromatic rings. The van der Waals surface area contributed by atoms with Crippen LogP contribution in [0.2, 0.25) is 0 Å². The van der Waals surface area contributed by atoms with Crippen LogP contribution in [0.25, 0.3) is 10.4 Å². The molecule has 1 amide bonds. The summed E-state index contributed by atoms with van der Waals surface area (Å²) in [4.78, 5) is 28.0. The Morgan fingerprint density at radius 3 is 2.34 bits per heavy atom. The van der Waals surface area contributed by atoms with Crippen molar-refractivity contribution in [3.63, 3.8) is 0 Å². The van der Waals surface area contributed by atoms with Gasteiger partial charge in [-0.2, -0.15) is 0 Å². The Morgan fingerprint density at radius 2 is 1.72 bits per heavy atom. The molecule has 1 N–H and O–H groups in total. The fourth-order valence-corrected chi connectivity index (χ4v) is 5.82. The monoisotopic (exact) mass is 463 g/mol. The molecule has 0 unspecified atom stereocenters. The molecule has 1 aromatic carbocycles. The Kier molecular flexibility index (Phi) is 6.90. The van der Waals surface area contributed by atoms with Crippen LogP contribution in [0.1, 0.15) is 55.8 Å². The standard InChI is InChI=1S/C24H27F2NO4S/c1-14-2-4-15(5-3-14)22(28)27(17-8-10-31-11-9-17)23-18(24(29)30)13-21(32-23)16-6-7-19(25)20(26)12-16/h6-7,12-15,17H,2-5,8-11H2,1H3,(H,29,30)/t14-,15-. The number of carboxylic acids is 1. The molecule has 4 rings (SSSR count). The van der Waals surface area contributed by atoms with E-state index in [0.717, 1.165) is 49.2 Å². The smallest absolute Gasteiger partial charge is 0.338 e. The molecule has 32 heavy (non-hydrogen) atoms. The largest absolute Gasteiger partial charge is 0.478 e. The average Bonchev–Trinajstić information content (AvgIpc) is 3.22. The Labute approximate surface area is 190 Å². The molecule has 1 aromatic heterocycles. The summed E-state index contributed by atoms with van der Waals surface area (Å²) in [6.45, 7) is 3.22. The Hall–Kier alpha value is -2.32. The van der Waals surface area contributed by atoms with Crippen molar-refractivity contribution in [2.75, 3.05) is 18.1 Å². The summed E-state index contributed by atoms with van der Waals surface area (Å²) in [7, 11) is 0. The highest BCUT2D eigenvalue weighted by atomic mass is 32.1. The van der Waals surface area contributed by atoms with Crippen molar-refractivity contribution in [3.05, 3.63) is 41.5 Å². The summed E-state index contributed by atoms with van der Waals surface area (Å²) < 4.78 is 32.7. The molecular formula is C24H27F2NO4S. The Balaban J connectivity index is 1.75. The molecule has 0 spiro atoms. The van der Waals surface area contributed by atoms with E-state index in [1.165, 1.54) is 12.1 Å². The number of rotatable bonds is 5. The van der Waals surface area contributed by atoms with Gasteiger partial charge in [0.15, 0.2) is 11.6 Å². The summed E-state index contributed by atoms with van der Waals surface area (Å²) in [5.41, 5.74) is 0.396. The molecule has 2 aliphatic rings. The van der Waals surface area contributed by atoms with E-state index in [9.17, 15) is 23.5 Å². The van der Waals surface area contributed by atoms with Crippen LogP contribution >= 0.6 is 11.3 Å². The predicted molar refractivity (Wildman–Crippen MR) is 119 cm³/mol. The molecule has 1 saturated heterocycles. The van der Waals surface area contributed by atoms with E-state index >= 15 is 0 Å². The topological polar surface area (TPSA) is 66.8 Å². The second kappa shape index (κ2) is 9.67. The SMILES string of the molecule is C[C@H]1CC[C@H](C(=O)N(c2sc(-c3ccc(F)c(F)c3)cc2C(=O)O)C2CCOCC2)CC1. The van der Waals surface area contributed by atoms with Crippen LogP contribution in [0.3, 0.4) is 0 Å².